The van der Waals surface area contributed by atoms with Gasteiger partial charge in [-0.1, -0.05) is 0 Å². The van der Waals surface area contributed by atoms with Gasteiger partial charge in [0.2, 0.25) is 5.91 Å². The van der Waals surface area contributed by atoms with Crippen molar-refractivity contribution in [2.75, 3.05) is 24.6 Å². The van der Waals surface area contributed by atoms with E-state index in [1.807, 2.05) is 18.7 Å². The van der Waals surface area contributed by atoms with E-state index in [4.69, 9.17) is 0 Å². The van der Waals surface area contributed by atoms with Crippen LogP contribution < -0.4 is 10.7 Å². The molecule has 2 N–H and O–H groups in total. The molecule has 104 valence electrons. The number of carbonyl (C=O) groups is 1. The molecule has 1 unspecified atom stereocenters. The van der Waals surface area contributed by atoms with Crippen LogP contribution in [0.5, 0.6) is 0 Å². The molecule has 2 heterocycles. The Balaban J connectivity index is 1.87. The Morgan fingerprint density at radius 1 is 1.53 bits per heavy atom. The molecular formula is C13H19N3O2S. The van der Waals surface area contributed by atoms with Gasteiger partial charge in [-0.15, -0.1) is 0 Å². The first-order chi connectivity index (χ1) is 9.18. The minimum absolute atomic E-state index is 0.0184. The number of hydrogen-bond acceptors (Lipinski definition) is 4. The average Bonchev–Trinajstić information content (AvgIpc) is 2.46. The molecule has 5 nitrogen and oxygen atoms in total. The van der Waals surface area contributed by atoms with Crippen molar-refractivity contribution < 1.29 is 4.79 Å². The molecule has 0 bridgehead atoms. The molecule has 1 fully saturated rings. The highest BCUT2D eigenvalue weighted by molar-refractivity contribution is 7.99. The number of amides is 1. The van der Waals surface area contributed by atoms with Gasteiger partial charge < -0.3 is 10.3 Å². The first kappa shape index (κ1) is 14.1. The average molecular weight is 281 g/mol. The van der Waals surface area contributed by atoms with Crippen LogP contribution >= 0.6 is 11.8 Å². The van der Waals surface area contributed by atoms with Gasteiger partial charge in [-0.3, -0.25) is 14.5 Å². The number of aromatic nitrogens is 1. The zero-order valence-electron chi connectivity index (χ0n) is 11.0. The lowest BCUT2D eigenvalue weighted by atomic mass is 10.2. The fraction of sp³-hybridized carbons (Fsp3) is 0.538. The van der Waals surface area contributed by atoms with Crippen molar-refractivity contribution in [1.82, 2.24) is 15.2 Å². The van der Waals surface area contributed by atoms with E-state index >= 15 is 0 Å². The molecule has 1 aliphatic heterocycles. The van der Waals surface area contributed by atoms with Crippen LogP contribution in [0.1, 0.15) is 12.5 Å². The summed E-state index contributed by atoms with van der Waals surface area (Å²) in [4.78, 5) is 28.6. The number of hydrogen-bond donors (Lipinski definition) is 2. The summed E-state index contributed by atoms with van der Waals surface area (Å²) in [5.74, 6) is 2.14. The van der Waals surface area contributed by atoms with Crippen molar-refractivity contribution in [1.29, 1.82) is 0 Å². The van der Waals surface area contributed by atoms with E-state index in [0.717, 1.165) is 24.6 Å². The molecule has 19 heavy (non-hydrogen) atoms. The number of rotatable bonds is 4. The zero-order valence-corrected chi connectivity index (χ0v) is 11.8. The molecule has 1 aliphatic rings. The Kier molecular flexibility index (Phi) is 5.04. The minimum atomic E-state index is -0.135. The number of H-pyrrole nitrogens is 1. The van der Waals surface area contributed by atoms with Crippen molar-refractivity contribution in [3.63, 3.8) is 0 Å². The smallest absolute Gasteiger partial charge is 0.237 e. The van der Waals surface area contributed by atoms with E-state index < -0.39 is 0 Å². The predicted octanol–water partition coefficient (Wildman–Crippen LogP) is 0.428. The van der Waals surface area contributed by atoms with Crippen LogP contribution in [0.3, 0.4) is 0 Å². The molecule has 0 spiro atoms. The SMILES string of the molecule is CC(C(=O)NCc1c[nH]ccc1=O)N1CCSCC1. The fourth-order valence-electron chi connectivity index (χ4n) is 2.05. The number of nitrogens with one attached hydrogen (secondary N) is 2. The standard InChI is InChI=1S/C13H19N3O2S/c1-10(16-4-6-19-7-5-16)13(18)15-9-11-8-14-3-2-12(11)17/h2-3,8,10H,4-7,9H2,1H3,(H,14,17)(H,15,18). The number of thioether (sulfide) groups is 1. The first-order valence-corrected chi connectivity index (χ1v) is 7.59. The topological polar surface area (TPSA) is 65.2 Å². The number of aromatic amines is 1. The van der Waals surface area contributed by atoms with Gasteiger partial charge in [-0.25, -0.2) is 0 Å². The number of pyridine rings is 1. The van der Waals surface area contributed by atoms with E-state index in [-0.39, 0.29) is 23.9 Å². The molecule has 1 atom stereocenters. The minimum Gasteiger partial charge on any atom is -0.367 e. The highest BCUT2D eigenvalue weighted by Crippen LogP contribution is 2.12. The van der Waals surface area contributed by atoms with Gasteiger partial charge in [0.15, 0.2) is 5.43 Å². The van der Waals surface area contributed by atoms with Crippen LogP contribution in [0.15, 0.2) is 23.3 Å². The Labute approximate surface area is 116 Å². The molecule has 0 radical (unpaired) electrons. The molecular weight excluding hydrogens is 262 g/mol. The van der Waals surface area contributed by atoms with Crippen LogP contribution in [0.4, 0.5) is 0 Å². The van der Waals surface area contributed by atoms with E-state index in [0.29, 0.717) is 5.56 Å². The number of nitrogens with zero attached hydrogens (tertiary/aromatic N) is 1. The van der Waals surface area contributed by atoms with Crippen molar-refractivity contribution in [3.05, 3.63) is 34.2 Å². The Morgan fingerprint density at radius 2 is 2.26 bits per heavy atom. The molecule has 0 saturated carbocycles. The molecule has 1 aromatic heterocycles. The lowest BCUT2D eigenvalue weighted by molar-refractivity contribution is -0.125. The van der Waals surface area contributed by atoms with Gasteiger partial charge >= 0.3 is 0 Å². The van der Waals surface area contributed by atoms with Crippen LogP contribution in [0.25, 0.3) is 0 Å². The van der Waals surface area contributed by atoms with E-state index in [1.165, 1.54) is 6.07 Å². The highest BCUT2D eigenvalue weighted by atomic mass is 32.2. The van der Waals surface area contributed by atoms with Gasteiger partial charge in [-0.2, -0.15) is 11.8 Å². The maximum Gasteiger partial charge on any atom is 0.237 e. The van der Waals surface area contributed by atoms with Crippen molar-refractivity contribution in [2.24, 2.45) is 0 Å². The van der Waals surface area contributed by atoms with E-state index in [2.05, 4.69) is 15.2 Å². The summed E-state index contributed by atoms with van der Waals surface area (Å²) >= 11 is 1.92. The second-order valence-electron chi connectivity index (χ2n) is 4.58. The summed E-state index contributed by atoms with van der Waals surface area (Å²) < 4.78 is 0. The van der Waals surface area contributed by atoms with Gasteiger partial charge in [0.25, 0.3) is 0 Å². The molecule has 1 amide bonds. The quantitative estimate of drug-likeness (QED) is 0.840. The summed E-state index contributed by atoms with van der Waals surface area (Å²) in [6, 6.07) is 1.33. The normalized spacial score (nSPS) is 17.9. The molecule has 1 saturated heterocycles. The zero-order chi connectivity index (χ0) is 13.7. The monoisotopic (exact) mass is 281 g/mol. The van der Waals surface area contributed by atoms with Crippen LogP contribution in [-0.4, -0.2) is 46.4 Å². The second kappa shape index (κ2) is 6.77. The number of carbonyl (C=O) groups excluding carboxylic acids is 1. The Bertz CT molecular complexity index is 483. The molecule has 6 heteroatoms. The maximum absolute atomic E-state index is 12.1. The molecule has 1 aromatic rings. The second-order valence-corrected chi connectivity index (χ2v) is 5.80. The van der Waals surface area contributed by atoms with Crippen LogP contribution in [-0.2, 0) is 11.3 Å². The van der Waals surface area contributed by atoms with Gasteiger partial charge in [-0.05, 0) is 6.92 Å². The Morgan fingerprint density at radius 3 is 2.95 bits per heavy atom. The first-order valence-electron chi connectivity index (χ1n) is 6.44. The van der Waals surface area contributed by atoms with Gasteiger partial charge in [0.05, 0.1) is 6.04 Å². The summed E-state index contributed by atoms with van der Waals surface area (Å²) in [6.45, 7) is 4.10. The molecule has 0 aliphatic carbocycles. The maximum atomic E-state index is 12.1. The molecule has 2 rings (SSSR count). The summed E-state index contributed by atoms with van der Waals surface area (Å²) in [5, 5.41) is 2.83. The predicted molar refractivity (Wildman–Crippen MR) is 77.3 cm³/mol. The third kappa shape index (κ3) is 3.84. The van der Waals surface area contributed by atoms with Gasteiger partial charge in [0.1, 0.15) is 0 Å². The largest absolute Gasteiger partial charge is 0.367 e. The Hall–Kier alpha value is -1.27. The third-order valence-corrected chi connectivity index (χ3v) is 4.27. The van der Waals surface area contributed by atoms with Crippen molar-refractivity contribution >= 4 is 17.7 Å². The lowest BCUT2D eigenvalue weighted by Crippen LogP contribution is -2.48. The van der Waals surface area contributed by atoms with Gasteiger partial charge in [0, 0.05) is 55.2 Å². The summed E-state index contributed by atoms with van der Waals surface area (Å²) in [6.07, 6.45) is 3.21. The molecule has 0 aromatic carbocycles. The van der Waals surface area contributed by atoms with E-state index in [1.54, 1.807) is 12.4 Å². The van der Waals surface area contributed by atoms with E-state index in [9.17, 15) is 9.59 Å². The summed E-state index contributed by atoms with van der Waals surface area (Å²) in [5.41, 5.74) is 0.526. The van der Waals surface area contributed by atoms with Crippen molar-refractivity contribution in [2.45, 2.75) is 19.5 Å². The van der Waals surface area contributed by atoms with Crippen molar-refractivity contribution in [3.8, 4) is 0 Å². The lowest BCUT2D eigenvalue weighted by Gasteiger charge is -2.31. The van der Waals surface area contributed by atoms with Crippen LogP contribution in [0.2, 0.25) is 0 Å². The fourth-order valence-corrected chi connectivity index (χ4v) is 2.98. The summed E-state index contributed by atoms with van der Waals surface area (Å²) in [7, 11) is 0. The third-order valence-electron chi connectivity index (χ3n) is 3.33. The highest BCUT2D eigenvalue weighted by Gasteiger charge is 2.22. The van der Waals surface area contributed by atoms with Crippen LogP contribution in [0, 0.1) is 0 Å².